The molecule has 0 radical (unpaired) electrons. The van der Waals surface area contributed by atoms with Gasteiger partial charge in [0.05, 0.1) is 16.6 Å². The van der Waals surface area contributed by atoms with E-state index in [4.69, 9.17) is 11.6 Å². The number of thiophene rings is 1. The highest BCUT2D eigenvalue weighted by Crippen LogP contribution is 2.35. The molecule has 1 atom stereocenters. The molecule has 0 fully saturated rings. The van der Waals surface area contributed by atoms with E-state index in [0.717, 1.165) is 10.9 Å². The first-order valence-corrected chi connectivity index (χ1v) is 7.32. The average molecular weight is 320 g/mol. The van der Waals surface area contributed by atoms with Crippen LogP contribution in [0.5, 0.6) is 0 Å². The Morgan fingerprint density at radius 3 is 2.60 bits per heavy atom. The summed E-state index contributed by atoms with van der Waals surface area (Å²) < 4.78 is 38.4. The molecule has 0 bridgehead atoms. The highest BCUT2D eigenvalue weighted by molar-refractivity contribution is 7.10. The van der Waals surface area contributed by atoms with Crippen LogP contribution in [0.2, 0.25) is 5.02 Å². The van der Waals surface area contributed by atoms with Crippen molar-refractivity contribution in [3.63, 3.8) is 0 Å². The van der Waals surface area contributed by atoms with Gasteiger partial charge in [0, 0.05) is 4.88 Å². The second-order valence-electron chi connectivity index (χ2n) is 4.25. The first kappa shape index (κ1) is 15.4. The molecule has 0 aliphatic rings. The van der Waals surface area contributed by atoms with Crippen LogP contribution in [0, 0.1) is 0 Å². The highest BCUT2D eigenvalue weighted by atomic mass is 35.5. The monoisotopic (exact) mass is 319 g/mol. The lowest BCUT2D eigenvalue weighted by atomic mass is 10.0. The summed E-state index contributed by atoms with van der Waals surface area (Å²) in [4.78, 5) is 0.827. The summed E-state index contributed by atoms with van der Waals surface area (Å²) in [5.41, 5.74) is -0.0865. The quantitative estimate of drug-likeness (QED) is 0.824. The lowest BCUT2D eigenvalue weighted by Crippen LogP contribution is -2.22. The van der Waals surface area contributed by atoms with Gasteiger partial charge in [-0.3, -0.25) is 0 Å². The minimum atomic E-state index is -4.34. The standard InChI is InChI=1S/C14H13ClF3NS/c1-2-19-12(13-11(15)6-7-20-13)9-4-3-5-10(8-9)14(16,17)18/h3-8,12,19H,2H2,1H3. The van der Waals surface area contributed by atoms with Gasteiger partial charge in [-0.2, -0.15) is 13.2 Å². The Bertz CT molecular complexity index is 580. The largest absolute Gasteiger partial charge is 0.416 e. The molecule has 108 valence electrons. The summed E-state index contributed by atoms with van der Waals surface area (Å²) in [6, 6.07) is 6.77. The van der Waals surface area contributed by atoms with E-state index in [-0.39, 0.29) is 6.04 Å². The van der Waals surface area contributed by atoms with Crippen molar-refractivity contribution < 1.29 is 13.2 Å². The maximum Gasteiger partial charge on any atom is 0.416 e. The van der Waals surface area contributed by atoms with Gasteiger partial charge in [0.2, 0.25) is 0 Å². The van der Waals surface area contributed by atoms with Gasteiger partial charge in [0.15, 0.2) is 0 Å². The molecular formula is C14H13ClF3NS. The molecule has 0 saturated carbocycles. The van der Waals surface area contributed by atoms with E-state index in [9.17, 15) is 13.2 Å². The van der Waals surface area contributed by atoms with Gasteiger partial charge < -0.3 is 5.32 Å². The first-order chi connectivity index (χ1) is 9.43. The molecule has 2 aromatic rings. The molecule has 2 rings (SSSR count). The zero-order chi connectivity index (χ0) is 14.8. The molecule has 0 amide bonds. The Hall–Kier alpha value is -1.04. The fourth-order valence-corrected chi connectivity index (χ4v) is 3.24. The molecule has 0 aliphatic carbocycles. The topological polar surface area (TPSA) is 12.0 Å². The molecule has 0 spiro atoms. The Kier molecular flexibility index (Phi) is 4.73. The molecule has 20 heavy (non-hydrogen) atoms. The van der Waals surface area contributed by atoms with E-state index in [1.54, 1.807) is 12.1 Å². The van der Waals surface area contributed by atoms with Crippen molar-refractivity contribution in [2.24, 2.45) is 0 Å². The minimum Gasteiger partial charge on any atom is -0.306 e. The van der Waals surface area contributed by atoms with Crippen molar-refractivity contribution in [3.8, 4) is 0 Å². The maximum absolute atomic E-state index is 12.8. The van der Waals surface area contributed by atoms with Gasteiger partial charge >= 0.3 is 6.18 Å². The van der Waals surface area contributed by atoms with Crippen molar-refractivity contribution in [2.45, 2.75) is 19.1 Å². The second kappa shape index (κ2) is 6.16. The van der Waals surface area contributed by atoms with Gasteiger partial charge in [0.25, 0.3) is 0 Å². The third-order valence-corrected chi connectivity index (χ3v) is 4.29. The van der Waals surface area contributed by atoms with Gasteiger partial charge in [-0.15, -0.1) is 11.3 Å². The predicted octanol–water partition coefficient (Wildman–Crippen LogP) is 5.12. The highest BCUT2D eigenvalue weighted by Gasteiger charge is 2.31. The van der Waals surface area contributed by atoms with E-state index >= 15 is 0 Å². The third-order valence-electron chi connectivity index (χ3n) is 2.86. The van der Waals surface area contributed by atoms with Crippen LogP contribution in [-0.4, -0.2) is 6.54 Å². The molecule has 0 aliphatic heterocycles. The Morgan fingerprint density at radius 1 is 1.30 bits per heavy atom. The Labute approximate surface area is 124 Å². The lowest BCUT2D eigenvalue weighted by Gasteiger charge is -2.19. The van der Waals surface area contributed by atoms with Crippen LogP contribution >= 0.6 is 22.9 Å². The van der Waals surface area contributed by atoms with Crippen LogP contribution in [-0.2, 0) is 6.18 Å². The third kappa shape index (κ3) is 3.34. The van der Waals surface area contributed by atoms with Crippen LogP contribution in [0.15, 0.2) is 35.7 Å². The van der Waals surface area contributed by atoms with Crippen molar-refractivity contribution in [1.29, 1.82) is 0 Å². The number of alkyl halides is 3. The zero-order valence-electron chi connectivity index (χ0n) is 10.7. The number of halogens is 4. The van der Waals surface area contributed by atoms with Gasteiger partial charge in [-0.1, -0.05) is 30.7 Å². The number of hydrogen-bond donors (Lipinski definition) is 1. The molecule has 0 saturated heterocycles. The van der Waals surface area contributed by atoms with E-state index in [0.29, 0.717) is 17.1 Å². The minimum absolute atomic E-state index is 0.324. The Balaban J connectivity index is 2.43. The summed E-state index contributed by atoms with van der Waals surface area (Å²) in [6.45, 7) is 2.54. The van der Waals surface area contributed by atoms with Crippen molar-refractivity contribution in [1.82, 2.24) is 5.32 Å². The number of benzene rings is 1. The summed E-state index contributed by atoms with van der Waals surface area (Å²) in [6.07, 6.45) is -4.34. The van der Waals surface area contributed by atoms with E-state index in [1.807, 2.05) is 12.3 Å². The predicted molar refractivity (Wildman–Crippen MR) is 76.3 cm³/mol. The average Bonchev–Trinajstić information content (AvgIpc) is 2.81. The van der Waals surface area contributed by atoms with E-state index in [1.165, 1.54) is 23.5 Å². The molecule has 1 N–H and O–H groups in total. The van der Waals surface area contributed by atoms with Crippen LogP contribution in [0.3, 0.4) is 0 Å². The molecular weight excluding hydrogens is 307 g/mol. The summed E-state index contributed by atoms with van der Waals surface area (Å²) in [5.74, 6) is 0. The molecule has 1 aromatic carbocycles. The molecule has 1 heterocycles. The summed E-state index contributed by atoms with van der Waals surface area (Å²) in [7, 11) is 0. The van der Waals surface area contributed by atoms with Gasteiger partial charge in [-0.05, 0) is 35.7 Å². The van der Waals surface area contributed by atoms with Crippen molar-refractivity contribution >= 4 is 22.9 Å². The lowest BCUT2D eigenvalue weighted by molar-refractivity contribution is -0.137. The van der Waals surface area contributed by atoms with Crippen LogP contribution in [0.1, 0.15) is 29.0 Å². The maximum atomic E-state index is 12.8. The van der Waals surface area contributed by atoms with Crippen LogP contribution < -0.4 is 5.32 Å². The van der Waals surface area contributed by atoms with E-state index < -0.39 is 11.7 Å². The molecule has 1 nitrogen and oxygen atoms in total. The van der Waals surface area contributed by atoms with Gasteiger partial charge in [0.1, 0.15) is 0 Å². The van der Waals surface area contributed by atoms with Gasteiger partial charge in [-0.25, -0.2) is 0 Å². The Morgan fingerprint density at radius 2 is 2.05 bits per heavy atom. The second-order valence-corrected chi connectivity index (χ2v) is 5.60. The van der Waals surface area contributed by atoms with Crippen molar-refractivity contribution in [3.05, 3.63) is 56.7 Å². The zero-order valence-corrected chi connectivity index (χ0v) is 12.2. The molecule has 1 aromatic heterocycles. The van der Waals surface area contributed by atoms with Crippen LogP contribution in [0.4, 0.5) is 13.2 Å². The molecule has 1 unspecified atom stereocenters. The fourth-order valence-electron chi connectivity index (χ4n) is 1.97. The number of nitrogens with one attached hydrogen (secondary N) is 1. The first-order valence-electron chi connectivity index (χ1n) is 6.07. The van der Waals surface area contributed by atoms with Crippen LogP contribution in [0.25, 0.3) is 0 Å². The normalized spacial score (nSPS) is 13.4. The summed E-state index contributed by atoms with van der Waals surface area (Å²) in [5, 5.41) is 5.58. The number of hydrogen-bond acceptors (Lipinski definition) is 2. The van der Waals surface area contributed by atoms with E-state index in [2.05, 4.69) is 5.32 Å². The smallest absolute Gasteiger partial charge is 0.306 e. The number of rotatable bonds is 4. The SMILES string of the molecule is CCNC(c1cccc(C(F)(F)F)c1)c1sccc1Cl. The van der Waals surface area contributed by atoms with Crippen molar-refractivity contribution in [2.75, 3.05) is 6.54 Å². The molecule has 6 heteroatoms. The fraction of sp³-hybridized carbons (Fsp3) is 0.286. The summed E-state index contributed by atoms with van der Waals surface area (Å²) >= 11 is 7.53.